The van der Waals surface area contributed by atoms with Crippen LogP contribution in [0, 0.1) is 3.57 Å². The summed E-state index contributed by atoms with van der Waals surface area (Å²) in [6.07, 6.45) is 1.54. The summed E-state index contributed by atoms with van der Waals surface area (Å²) in [5, 5.41) is 17.4. The number of carbonyl (C=O) groups is 1. The molecule has 0 aromatic heterocycles. The van der Waals surface area contributed by atoms with Crippen LogP contribution in [0.2, 0.25) is 0 Å². The summed E-state index contributed by atoms with van der Waals surface area (Å²) in [6.45, 7) is 11.9. The van der Waals surface area contributed by atoms with Crippen LogP contribution in [-0.4, -0.2) is 55.5 Å². The minimum atomic E-state index is -1.11. The molecule has 2 aliphatic rings. The van der Waals surface area contributed by atoms with Gasteiger partial charge in [0.1, 0.15) is 17.0 Å². The Bertz CT molecular complexity index is 1740. The van der Waals surface area contributed by atoms with Crippen molar-refractivity contribution in [3.63, 3.8) is 0 Å². The summed E-state index contributed by atoms with van der Waals surface area (Å²) < 4.78 is 13.0. The molecule has 0 radical (unpaired) electrons. The number of hydrogen-bond acceptors (Lipinski definition) is 7. The van der Waals surface area contributed by atoms with E-state index in [4.69, 9.17) is 14.6 Å². The molecule has 1 N–H and O–H groups in total. The average Bonchev–Trinajstić information content (AvgIpc) is 3.30. The predicted octanol–water partition coefficient (Wildman–Crippen LogP) is 7.59. The fourth-order valence-electron chi connectivity index (χ4n) is 6.61. The van der Waals surface area contributed by atoms with Gasteiger partial charge in [-0.3, -0.25) is 4.79 Å². The smallest absolute Gasteiger partial charge is 0.275 e. The highest BCUT2D eigenvalue weighted by atomic mass is 127. The molecule has 4 aromatic rings. The number of methoxy groups -OCH3 is 1. The number of carbonyl (C=O) groups excluding carboxylic acids is 1. The molecule has 9 heteroatoms. The topological polar surface area (TPSA) is 77.8 Å². The van der Waals surface area contributed by atoms with Crippen molar-refractivity contribution in [1.82, 2.24) is 5.01 Å². The van der Waals surface area contributed by atoms with Gasteiger partial charge in [-0.15, -0.1) is 0 Å². The van der Waals surface area contributed by atoms with Gasteiger partial charge in [0.2, 0.25) is 0 Å². The third-order valence-electron chi connectivity index (χ3n) is 8.85. The number of ether oxygens (including phenoxy) is 2. The maximum atomic E-state index is 14.4. The first-order valence-electron chi connectivity index (χ1n) is 15.3. The maximum absolute atomic E-state index is 14.4. The number of hydrogen-bond donors (Lipinski definition) is 1. The van der Waals surface area contributed by atoms with Gasteiger partial charge in [-0.2, -0.15) is 5.10 Å². The van der Waals surface area contributed by atoms with Crippen molar-refractivity contribution >= 4 is 46.1 Å². The van der Waals surface area contributed by atoms with Crippen LogP contribution in [0.5, 0.6) is 23.0 Å². The largest absolute Gasteiger partial charge is 0.504 e. The molecule has 0 saturated carbocycles. The normalized spacial score (nSPS) is 14.3. The Kier molecular flexibility index (Phi) is 8.39. The molecule has 2 heterocycles. The van der Waals surface area contributed by atoms with Gasteiger partial charge in [0.05, 0.1) is 13.3 Å². The number of phenolic OH excluding ortho intramolecular Hbond substituents is 1. The highest BCUT2D eigenvalue weighted by Crippen LogP contribution is 2.58. The fraction of sp³-hybridized carbons (Fsp3) is 0.278. The van der Waals surface area contributed by atoms with Gasteiger partial charge >= 0.3 is 0 Å². The Balaban J connectivity index is 1.64. The van der Waals surface area contributed by atoms with E-state index in [-0.39, 0.29) is 11.7 Å². The second-order valence-electron chi connectivity index (χ2n) is 11.0. The second-order valence-corrected chi connectivity index (χ2v) is 12.2. The summed E-state index contributed by atoms with van der Waals surface area (Å²) in [6, 6.07) is 23.7. The van der Waals surface area contributed by atoms with E-state index in [1.165, 1.54) is 13.3 Å². The highest BCUT2D eigenvalue weighted by molar-refractivity contribution is 14.1. The molecule has 0 unspecified atom stereocenters. The average molecular weight is 717 g/mol. The van der Waals surface area contributed by atoms with Gasteiger partial charge in [0.15, 0.2) is 11.5 Å². The van der Waals surface area contributed by atoms with E-state index < -0.39 is 5.54 Å². The Morgan fingerprint density at radius 3 is 2.00 bits per heavy atom. The molecule has 232 valence electrons. The lowest BCUT2D eigenvalue weighted by molar-refractivity contribution is 0.0675. The van der Waals surface area contributed by atoms with Crippen molar-refractivity contribution in [3.8, 4) is 23.0 Å². The highest BCUT2D eigenvalue weighted by Gasteiger charge is 2.57. The van der Waals surface area contributed by atoms with Gasteiger partial charge in [0.25, 0.3) is 5.91 Å². The lowest BCUT2D eigenvalue weighted by Crippen LogP contribution is -2.44. The maximum Gasteiger partial charge on any atom is 0.275 e. The molecule has 8 nitrogen and oxygen atoms in total. The zero-order valence-corrected chi connectivity index (χ0v) is 28.3. The molecular weight excluding hydrogens is 679 g/mol. The lowest BCUT2D eigenvalue weighted by Gasteiger charge is -2.42. The summed E-state index contributed by atoms with van der Waals surface area (Å²) >= 11 is 2.17. The monoisotopic (exact) mass is 716 g/mol. The Morgan fingerprint density at radius 2 is 1.44 bits per heavy atom. The van der Waals surface area contributed by atoms with Gasteiger partial charge in [0, 0.05) is 81.1 Å². The van der Waals surface area contributed by atoms with Crippen molar-refractivity contribution in [2.24, 2.45) is 5.10 Å². The minimum absolute atomic E-state index is 0.0413. The number of hydrazone groups is 1. The molecule has 0 fully saturated rings. The second kappa shape index (κ2) is 12.3. The van der Waals surface area contributed by atoms with Crippen molar-refractivity contribution in [2.45, 2.75) is 33.2 Å². The van der Waals surface area contributed by atoms with Crippen LogP contribution >= 0.6 is 22.6 Å². The Labute approximate surface area is 278 Å². The van der Waals surface area contributed by atoms with E-state index >= 15 is 0 Å². The third kappa shape index (κ3) is 4.88. The first-order chi connectivity index (χ1) is 21.8. The van der Waals surface area contributed by atoms with E-state index in [1.54, 1.807) is 17.1 Å². The standard InChI is InChI=1S/C36H37IN4O4/c1-6-39(7-2)25-14-16-29-31(20-25)45-32-21-26(40(8-3)9-4)15-17-30(32)36(29)28-13-11-10-12-27(28)35(43)41(36)38-22-23-18-24(37)19-33(44-5)34(23)42/h10-22,42H,6-9H2,1-5H3/b38-22+. The van der Waals surface area contributed by atoms with Crippen molar-refractivity contribution in [1.29, 1.82) is 0 Å². The summed E-state index contributed by atoms with van der Waals surface area (Å²) in [7, 11) is 1.51. The molecule has 2 aliphatic heterocycles. The van der Waals surface area contributed by atoms with Gasteiger partial charge < -0.3 is 24.4 Å². The van der Waals surface area contributed by atoms with E-state index in [9.17, 15) is 9.90 Å². The van der Waals surface area contributed by atoms with E-state index in [0.717, 1.165) is 57.8 Å². The van der Waals surface area contributed by atoms with Crippen molar-refractivity contribution in [3.05, 3.63) is 104 Å². The van der Waals surface area contributed by atoms with Crippen LogP contribution in [-0.2, 0) is 5.54 Å². The van der Waals surface area contributed by atoms with Crippen LogP contribution in [0.15, 0.2) is 77.9 Å². The number of nitrogens with zero attached hydrogens (tertiary/aromatic N) is 4. The number of phenols is 1. The molecule has 4 aromatic carbocycles. The van der Waals surface area contributed by atoms with Crippen molar-refractivity contribution < 1.29 is 19.4 Å². The number of aromatic hydroxyl groups is 1. The molecule has 45 heavy (non-hydrogen) atoms. The third-order valence-corrected chi connectivity index (χ3v) is 9.47. The Hall–Kier alpha value is -4.25. The van der Waals surface area contributed by atoms with Gasteiger partial charge in [-0.05, 0) is 80.6 Å². The van der Waals surface area contributed by atoms with Crippen LogP contribution < -0.4 is 19.3 Å². The number of halogens is 1. The molecule has 6 rings (SSSR count). The first kappa shape index (κ1) is 30.8. The number of fused-ring (bicyclic) bond motifs is 6. The molecule has 0 saturated heterocycles. The molecule has 0 bridgehead atoms. The quantitative estimate of drug-likeness (QED) is 0.142. The van der Waals surface area contributed by atoms with E-state index in [2.05, 4.69) is 96.5 Å². The lowest BCUT2D eigenvalue weighted by atomic mass is 9.75. The summed E-state index contributed by atoms with van der Waals surface area (Å²) in [5.74, 6) is 1.40. The van der Waals surface area contributed by atoms with Crippen molar-refractivity contribution in [2.75, 3.05) is 43.1 Å². The van der Waals surface area contributed by atoms with Crippen LogP contribution in [0.4, 0.5) is 11.4 Å². The fourth-order valence-corrected chi connectivity index (χ4v) is 7.23. The minimum Gasteiger partial charge on any atom is -0.504 e. The first-order valence-corrected chi connectivity index (χ1v) is 16.4. The number of amides is 1. The van der Waals surface area contributed by atoms with E-state index in [0.29, 0.717) is 28.4 Å². The number of rotatable bonds is 9. The SMILES string of the molecule is CCN(CC)c1ccc2c(c1)Oc1cc(N(CC)CC)ccc1C21c2ccccc2C(=O)N1/N=C/c1cc(I)cc(OC)c1O. The molecule has 0 atom stereocenters. The Morgan fingerprint density at radius 1 is 0.867 bits per heavy atom. The number of anilines is 2. The molecule has 1 amide bonds. The van der Waals surface area contributed by atoms with Crippen LogP contribution in [0.25, 0.3) is 0 Å². The zero-order valence-electron chi connectivity index (χ0n) is 26.2. The summed E-state index contributed by atoms with van der Waals surface area (Å²) in [5.41, 5.74) is 4.45. The van der Waals surface area contributed by atoms with Gasteiger partial charge in [-0.25, -0.2) is 5.01 Å². The molecule has 1 spiro atoms. The van der Waals surface area contributed by atoms with Crippen LogP contribution in [0.1, 0.15) is 60.3 Å². The number of benzene rings is 4. The molecule has 0 aliphatic carbocycles. The zero-order chi connectivity index (χ0) is 31.9. The van der Waals surface area contributed by atoms with Gasteiger partial charge in [-0.1, -0.05) is 30.3 Å². The summed E-state index contributed by atoms with van der Waals surface area (Å²) in [4.78, 5) is 18.9. The van der Waals surface area contributed by atoms with Crippen LogP contribution in [0.3, 0.4) is 0 Å². The molecular formula is C36H37IN4O4. The van der Waals surface area contributed by atoms with E-state index in [1.807, 2.05) is 24.3 Å². The predicted molar refractivity (Wildman–Crippen MR) is 188 cm³/mol.